The molecule has 0 aromatic rings. The Morgan fingerprint density at radius 3 is 0.859 bits per heavy atom. The summed E-state index contributed by atoms with van der Waals surface area (Å²) in [4.78, 5) is 38.0. The van der Waals surface area contributed by atoms with E-state index < -0.39 is 6.10 Å². The molecular weight excluding hydrogens is 877 g/mol. The predicted octanol–water partition coefficient (Wildman–Crippen LogP) is 21.0. The maximum Gasteiger partial charge on any atom is 0.306 e. The van der Waals surface area contributed by atoms with Gasteiger partial charge >= 0.3 is 17.9 Å². The minimum absolute atomic E-state index is 0.0862. The molecule has 0 aromatic heterocycles. The van der Waals surface area contributed by atoms with Crippen molar-refractivity contribution in [2.75, 3.05) is 13.2 Å². The van der Waals surface area contributed by atoms with Crippen LogP contribution in [0.25, 0.3) is 0 Å². The van der Waals surface area contributed by atoms with E-state index >= 15 is 0 Å². The van der Waals surface area contributed by atoms with Crippen molar-refractivity contribution in [2.45, 2.75) is 335 Å². The minimum atomic E-state index is -0.790. The lowest BCUT2D eigenvalue weighted by molar-refractivity contribution is -0.167. The van der Waals surface area contributed by atoms with Crippen LogP contribution in [0.15, 0.2) is 48.6 Å². The third-order valence-corrected chi connectivity index (χ3v) is 13.8. The molecule has 0 spiro atoms. The third-order valence-electron chi connectivity index (χ3n) is 13.8. The number of esters is 3. The normalized spacial score (nSPS) is 12.3. The van der Waals surface area contributed by atoms with Crippen LogP contribution >= 0.6 is 0 Å². The van der Waals surface area contributed by atoms with E-state index in [-0.39, 0.29) is 37.5 Å². The van der Waals surface area contributed by atoms with Crippen molar-refractivity contribution in [3.63, 3.8) is 0 Å². The van der Waals surface area contributed by atoms with Crippen LogP contribution in [0.4, 0.5) is 0 Å². The van der Waals surface area contributed by atoms with Crippen LogP contribution in [0.1, 0.15) is 329 Å². The predicted molar refractivity (Wildman–Crippen MR) is 307 cm³/mol. The number of ether oxygens (including phenoxy) is 3. The summed E-state index contributed by atoms with van der Waals surface area (Å²) in [5.41, 5.74) is 0. The first-order valence-electron chi connectivity index (χ1n) is 31.1. The summed E-state index contributed by atoms with van der Waals surface area (Å²) < 4.78 is 16.8. The van der Waals surface area contributed by atoms with Gasteiger partial charge in [0.1, 0.15) is 13.2 Å². The number of allylic oxidation sites excluding steroid dienone is 8. The molecular formula is C65H118O6. The standard InChI is InChI=1S/C65H118O6/c1-4-7-10-13-16-19-21-23-25-26-27-28-29-30-31-32-33-34-35-36-37-38-39-41-42-44-46-49-52-55-58-64(67)70-61-62(60-69-63(66)57-54-51-48-18-15-12-9-6-3)71-65(68)59-56-53-50-47-45-43-40-24-22-20-17-14-11-8-5-2/h8,11,17,20,24,40,45,47,62H,4-7,9-10,12-16,18-19,21-23,25-39,41-44,46,48-61H2,1-3H3/b11-8-,20-17-,40-24-,47-45-. The number of carbonyl (C=O) groups is 3. The molecule has 0 fully saturated rings. The van der Waals surface area contributed by atoms with Gasteiger partial charge in [0.05, 0.1) is 0 Å². The van der Waals surface area contributed by atoms with Gasteiger partial charge in [-0.2, -0.15) is 0 Å². The lowest BCUT2D eigenvalue weighted by atomic mass is 10.0. The van der Waals surface area contributed by atoms with Crippen LogP contribution in [0.3, 0.4) is 0 Å². The zero-order valence-electron chi connectivity index (χ0n) is 47.5. The van der Waals surface area contributed by atoms with Gasteiger partial charge in [0, 0.05) is 19.3 Å². The lowest BCUT2D eigenvalue weighted by Crippen LogP contribution is -2.30. The van der Waals surface area contributed by atoms with Gasteiger partial charge in [-0.1, -0.05) is 301 Å². The fraction of sp³-hybridized carbons (Fsp3) is 0.831. The summed E-state index contributed by atoms with van der Waals surface area (Å²) in [5.74, 6) is -0.918. The first-order valence-corrected chi connectivity index (χ1v) is 31.1. The number of rotatable bonds is 57. The van der Waals surface area contributed by atoms with Crippen LogP contribution in [0.2, 0.25) is 0 Å². The molecule has 1 unspecified atom stereocenters. The van der Waals surface area contributed by atoms with E-state index in [1.165, 1.54) is 205 Å². The zero-order chi connectivity index (χ0) is 51.4. The molecule has 0 N–H and O–H groups in total. The largest absolute Gasteiger partial charge is 0.462 e. The molecule has 0 aromatic carbocycles. The molecule has 0 saturated carbocycles. The van der Waals surface area contributed by atoms with Gasteiger partial charge in [-0.25, -0.2) is 0 Å². The Morgan fingerprint density at radius 1 is 0.296 bits per heavy atom. The molecule has 0 saturated heterocycles. The van der Waals surface area contributed by atoms with Crippen LogP contribution in [-0.4, -0.2) is 37.2 Å². The Hall–Kier alpha value is -2.63. The van der Waals surface area contributed by atoms with E-state index in [0.29, 0.717) is 19.3 Å². The zero-order valence-corrected chi connectivity index (χ0v) is 47.5. The third kappa shape index (κ3) is 58.1. The average molecular weight is 996 g/mol. The minimum Gasteiger partial charge on any atom is -0.462 e. The highest BCUT2D eigenvalue weighted by Crippen LogP contribution is 2.18. The van der Waals surface area contributed by atoms with Gasteiger partial charge in [-0.05, 0) is 57.8 Å². The summed E-state index contributed by atoms with van der Waals surface area (Å²) in [5, 5.41) is 0. The van der Waals surface area contributed by atoms with Crippen molar-refractivity contribution in [2.24, 2.45) is 0 Å². The summed E-state index contributed by atoms with van der Waals surface area (Å²) in [6.45, 7) is 6.50. The number of unbranched alkanes of at least 4 members (excludes halogenated alkanes) is 38. The molecule has 0 heterocycles. The van der Waals surface area contributed by atoms with Crippen LogP contribution < -0.4 is 0 Å². The number of hydrogen-bond donors (Lipinski definition) is 0. The van der Waals surface area contributed by atoms with Gasteiger partial charge in [0.15, 0.2) is 6.10 Å². The molecule has 0 aliphatic rings. The quantitative estimate of drug-likeness (QED) is 0.0261. The first kappa shape index (κ1) is 68.4. The van der Waals surface area contributed by atoms with Gasteiger partial charge in [0.25, 0.3) is 0 Å². The first-order chi connectivity index (χ1) is 35.0. The highest BCUT2D eigenvalue weighted by Gasteiger charge is 2.19. The molecule has 6 nitrogen and oxygen atoms in total. The fourth-order valence-corrected chi connectivity index (χ4v) is 9.20. The Labute approximate surface area is 441 Å². The monoisotopic (exact) mass is 995 g/mol. The fourth-order valence-electron chi connectivity index (χ4n) is 9.20. The van der Waals surface area contributed by atoms with Crippen molar-refractivity contribution in [3.8, 4) is 0 Å². The summed E-state index contributed by atoms with van der Waals surface area (Å²) in [7, 11) is 0. The van der Waals surface area contributed by atoms with E-state index in [0.717, 1.165) is 77.0 Å². The van der Waals surface area contributed by atoms with Crippen LogP contribution in [0.5, 0.6) is 0 Å². The summed E-state index contributed by atoms with van der Waals surface area (Å²) in [6, 6.07) is 0. The second kappa shape index (κ2) is 59.9. The molecule has 0 aliphatic heterocycles. The Balaban J connectivity index is 4.05. The smallest absolute Gasteiger partial charge is 0.306 e. The molecule has 0 rings (SSSR count). The molecule has 71 heavy (non-hydrogen) atoms. The van der Waals surface area contributed by atoms with E-state index in [9.17, 15) is 14.4 Å². The van der Waals surface area contributed by atoms with Gasteiger partial charge < -0.3 is 14.2 Å². The van der Waals surface area contributed by atoms with Crippen molar-refractivity contribution in [1.82, 2.24) is 0 Å². The second-order valence-corrected chi connectivity index (χ2v) is 21.0. The molecule has 414 valence electrons. The van der Waals surface area contributed by atoms with Crippen molar-refractivity contribution < 1.29 is 28.6 Å². The van der Waals surface area contributed by atoms with E-state index in [2.05, 4.69) is 69.4 Å². The molecule has 0 bridgehead atoms. The van der Waals surface area contributed by atoms with Crippen LogP contribution in [-0.2, 0) is 28.6 Å². The lowest BCUT2D eigenvalue weighted by Gasteiger charge is -2.18. The van der Waals surface area contributed by atoms with Crippen molar-refractivity contribution >= 4 is 17.9 Å². The van der Waals surface area contributed by atoms with Crippen molar-refractivity contribution in [3.05, 3.63) is 48.6 Å². The molecule has 1 atom stereocenters. The molecule has 0 aliphatic carbocycles. The molecule has 0 radical (unpaired) electrons. The van der Waals surface area contributed by atoms with E-state index in [4.69, 9.17) is 14.2 Å². The number of hydrogen-bond acceptors (Lipinski definition) is 6. The second-order valence-electron chi connectivity index (χ2n) is 21.0. The Morgan fingerprint density at radius 2 is 0.549 bits per heavy atom. The molecule has 0 amide bonds. The Bertz CT molecular complexity index is 1230. The highest BCUT2D eigenvalue weighted by atomic mass is 16.6. The number of carbonyl (C=O) groups excluding carboxylic acids is 3. The van der Waals surface area contributed by atoms with Crippen molar-refractivity contribution in [1.29, 1.82) is 0 Å². The molecule has 6 heteroatoms. The summed E-state index contributed by atoms with van der Waals surface area (Å²) in [6.07, 6.45) is 74.5. The van der Waals surface area contributed by atoms with E-state index in [1.54, 1.807) is 0 Å². The SMILES string of the molecule is CC/C=C\C/C=C\C/C=C\C/C=C\CCCCC(=O)OC(COC(=O)CCCCCCCCCC)COC(=O)CCCCCCCCCCCCCCCCCCCCCCCCCCCCCCCC. The van der Waals surface area contributed by atoms with E-state index in [1.807, 2.05) is 0 Å². The van der Waals surface area contributed by atoms with Gasteiger partial charge in [-0.15, -0.1) is 0 Å². The Kier molecular flexibility index (Phi) is 57.7. The topological polar surface area (TPSA) is 78.9 Å². The maximum atomic E-state index is 12.8. The van der Waals surface area contributed by atoms with Gasteiger partial charge in [-0.3, -0.25) is 14.4 Å². The summed E-state index contributed by atoms with van der Waals surface area (Å²) >= 11 is 0. The van der Waals surface area contributed by atoms with Crippen LogP contribution in [0, 0.1) is 0 Å². The highest BCUT2D eigenvalue weighted by molar-refractivity contribution is 5.71. The van der Waals surface area contributed by atoms with Gasteiger partial charge in [0.2, 0.25) is 0 Å². The maximum absolute atomic E-state index is 12.8. The average Bonchev–Trinajstić information content (AvgIpc) is 3.37.